The van der Waals surface area contributed by atoms with Gasteiger partial charge in [-0.3, -0.25) is 0 Å². The average Bonchev–Trinajstić information content (AvgIpc) is 2.47. The van der Waals surface area contributed by atoms with Gasteiger partial charge in [-0.05, 0) is 18.1 Å². The summed E-state index contributed by atoms with van der Waals surface area (Å²) in [6.07, 6.45) is 0.904. The molecular weight excluding hydrogens is 254 g/mol. The van der Waals surface area contributed by atoms with Gasteiger partial charge in [0.15, 0.2) is 0 Å². The number of benzene rings is 2. The van der Waals surface area contributed by atoms with Gasteiger partial charge in [0.05, 0.1) is 16.2 Å². The fraction of sp³-hybridized carbons (Fsp3) is 0.118. The second-order valence-corrected chi connectivity index (χ2v) is 4.87. The SMILES string of the molecule is CCc1c(Cl)c(-c2ccccc2)nc2ccccc12. The summed E-state index contributed by atoms with van der Waals surface area (Å²) < 4.78 is 0. The maximum absolute atomic E-state index is 6.56. The highest BCUT2D eigenvalue weighted by molar-refractivity contribution is 6.34. The molecule has 94 valence electrons. The number of para-hydroxylation sites is 1. The topological polar surface area (TPSA) is 12.9 Å². The van der Waals surface area contributed by atoms with Crippen molar-refractivity contribution in [3.63, 3.8) is 0 Å². The van der Waals surface area contributed by atoms with E-state index in [9.17, 15) is 0 Å². The Bertz CT molecular complexity index is 720. The zero-order chi connectivity index (χ0) is 13.2. The van der Waals surface area contributed by atoms with Gasteiger partial charge < -0.3 is 0 Å². The molecule has 0 amide bonds. The highest BCUT2D eigenvalue weighted by atomic mass is 35.5. The van der Waals surface area contributed by atoms with Crippen molar-refractivity contribution in [1.29, 1.82) is 0 Å². The predicted octanol–water partition coefficient (Wildman–Crippen LogP) is 5.12. The number of nitrogens with zero attached hydrogens (tertiary/aromatic N) is 1. The molecule has 0 unspecified atom stereocenters. The number of aryl methyl sites for hydroxylation is 1. The highest BCUT2D eigenvalue weighted by Gasteiger charge is 2.13. The zero-order valence-electron chi connectivity index (χ0n) is 10.7. The van der Waals surface area contributed by atoms with E-state index in [1.54, 1.807) is 0 Å². The third-order valence-electron chi connectivity index (χ3n) is 3.34. The Kier molecular flexibility index (Phi) is 3.22. The number of halogens is 1. The van der Waals surface area contributed by atoms with Crippen LogP contribution in [-0.2, 0) is 6.42 Å². The maximum atomic E-state index is 6.56. The van der Waals surface area contributed by atoms with Gasteiger partial charge in [-0.1, -0.05) is 67.1 Å². The minimum Gasteiger partial charge on any atom is -0.246 e. The van der Waals surface area contributed by atoms with Gasteiger partial charge in [-0.15, -0.1) is 0 Å². The fourth-order valence-electron chi connectivity index (χ4n) is 2.39. The summed E-state index contributed by atoms with van der Waals surface area (Å²) in [4.78, 5) is 4.72. The van der Waals surface area contributed by atoms with Crippen molar-refractivity contribution in [2.24, 2.45) is 0 Å². The summed E-state index contributed by atoms with van der Waals surface area (Å²) in [6, 6.07) is 18.3. The van der Waals surface area contributed by atoms with Crippen LogP contribution in [0.3, 0.4) is 0 Å². The van der Waals surface area contributed by atoms with Gasteiger partial charge in [0, 0.05) is 10.9 Å². The third kappa shape index (κ3) is 2.11. The molecule has 1 aromatic heterocycles. The van der Waals surface area contributed by atoms with E-state index >= 15 is 0 Å². The van der Waals surface area contributed by atoms with Crippen molar-refractivity contribution in [2.45, 2.75) is 13.3 Å². The lowest BCUT2D eigenvalue weighted by Crippen LogP contribution is -1.94. The molecular formula is C17H14ClN. The van der Waals surface area contributed by atoms with Gasteiger partial charge in [0.25, 0.3) is 0 Å². The summed E-state index contributed by atoms with van der Waals surface area (Å²) in [5.74, 6) is 0. The Morgan fingerprint density at radius 3 is 2.37 bits per heavy atom. The first-order valence-corrected chi connectivity index (χ1v) is 6.81. The molecule has 2 aromatic carbocycles. The lowest BCUT2D eigenvalue weighted by atomic mass is 10.0. The van der Waals surface area contributed by atoms with Crippen LogP contribution < -0.4 is 0 Å². The second kappa shape index (κ2) is 5.02. The molecule has 0 aliphatic carbocycles. The minimum atomic E-state index is 0.771. The molecule has 19 heavy (non-hydrogen) atoms. The number of fused-ring (bicyclic) bond motifs is 1. The highest BCUT2D eigenvalue weighted by Crippen LogP contribution is 2.33. The molecule has 0 aliphatic rings. The van der Waals surface area contributed by atoms with Gasteiger partial charge in [0.2, 0.25) is 0 Å². The van der Waals surface area contributed by atoms with E-state index in [4.69, 9.17) is 16.6 Å². The van der Waals surface area contributed by atoms with Crippen molar-refractivity contribution < 1.29 is 0 Å². The van der Waals surface area contributed by atoms with Crippen LogP contribution >= 0.6 is 11.6 Å². The van der Waals surface area contributed by atoms with Crippen LogP contribution in [0.1, 0.15) is 12.5 Å². The normalized spacial score (nSPS) is 10.8. The van der Waals surface area contributed by atoms with E-state index in [2.05, 4.69) is 13.0 Å². The Morgan fingerprint density at radius 1 is 0.947 bits per heavy atom. The largest absolute Gasteiger partial charge is 0.246 e. The van der Waals surface area contributed by atoms with E-state index in [-0.39, 0.29) is 0 Å². The molecule has 0 saturated heterocycles. The van der Waals surface area contributed by atoms with Crippen LogP contribution in [0.5, 0.6) is 0 Å². The summed E-state index contributed by atoms with van der Waals surface area (Å²) in [7, 11) is 0. The van der Waals surface area contributed by atoms with Crippen LogP contribution in [-0.4, -0.2) is 4.98 Å². The Balaban J connectivity index is 2.35. The molecule has 1 heterocycles. The number of aromatic nitrogens is 1. The van der Waals surface area contributed by atoms with Crippen LogP contribution in [0.2, 0.25) is 5.02 Å². The molecule has 0 bridgehead atoms. The van der Waals surface area contributed by atoms with Gasteiger partial charge in [0.1, 0.15) is 0 Å². The molecule has 0 radical (unpaired) electrons. The van der Waals surface area contributed by atoms with Crippen LogP contribution in [0.25, 0.3) is 22.2 Å². The molecule has 0 atom stereocenters. The van der Waals surface area contributed by atoms with Crippen LogP contribution in [0, 0.1) is 0 Å². The number of hydrogen-bond donors (Lipinski definition) is 0. The van der Waals surface area contributed by atoms with E-state index in [1.165, 1.54) is 5.56 Å². The minimum absolute atomic E-state index is 0.771. The molecule has 0 fully saturated rings. The lowest BCUT2D eigenvalue weighted by molar-refractivity contribution is 1.15. The molecule has 0 N–H and O–H groups in total. The summed E-state index contributed by atoms with van der Waals surface area (Å²) in [6.45, 7) is 2.13. The maximum Gasteiger partial charge on any atom is 0.0898 e. The van der Waals surface area contributed by atoms with E-state index in [0.717, 1.165) is 33.6 Å². The number of pyridine rings is 1. The molecule has 3 aromatic rings. The van der Waals surface area contributed by atoms with E-state index in [1.807, 2.05) is 48.5 Å². The number of rotatable bonds is 2. The quantitative estimate of drug-likeness (QED) is 0.628. The first-order valence-electron chi connectivity index (χ1n) is 6.43. The second-order valence-electron chi connectivity index (χ2n) is 4.49. The molecule has 1 nitrogen and oxygen atoms in total. The fourth-order valence-corrected chi connectivity index (χ4v) is 2.78. The molecule has 0 spiro atoms. The van der Waals surface area contributed by atoms with Gasteiger partial charge >= 0.3 is 0 Å². The Labute approximate surface area is 117 Å². The third-order valence-corrected chi connectivity index (χ3v) is 3.74. The zero-order valence-corrected chi connectivity index (χ0v) is 11.5. The van der Waals surface area contributed by atoms with Crippen molar-refractivity contribution in [3.8, 4) is 11.3 Å². The van der Waals surface area contributed by atoms with Crippen LogP contribution in [0.4, 0.5) is 0 Å². The molecule has 0 saturated carbocycles. The standard InChI is InChI=1S/C17H14ClN/c1-2-13-14-10-6-7-11-15(14)19-17(16(13)18)12-8-4-3-5-9-12/h3-11H,2H2,1H3. The smallest absolute Gasteiger partial charge is 0.0898 e. The van der Waals surface area contributed by atoms with Crippen molar-refractivity contribution >= 4 is 22.5 Å². The predicted molar refractivity (Wildman–Crippen MR) is 81.6 cm³/mol. The van der Waals surface area contributed by atoms with Gasteiger partial charge in [-0.2, -0.15) is 0 Å². The van der Waals surface area contributed by atoms with Crippen molar-refractivity contribution in [2.75, 3.05) is 0 Å². The molecule has 0 aliphatic heterocycles. The van der Waals surface area contributed by atoms with Crippen molar-refractivity contribution in [3.05, 3.63) is 65.2 Å². The van der Waals surface area contributed by atoms with Crippen LogP contribution in [0.15, 0.2) is 54.6 Å². The van der Waals surface area contributed by atoms with Crippen molar-refractivity contribution in [1.82, 2.24) is 4.98 Å². The first kappa shape index (κ1) is 12.2. The summed E-state index contributed by atoms with van der Waals surface area (Å²) >= 11 is 6.56. The average molecular weight is 268 g/mol. The first-order chi connectivity index (χ1) is 9.31. The van der Waals surface area contributed by atoms with E-state index < -0.39 is 0 Å². The Hall–Kier alpha value is -1.86. The monoisotopic (exact) mass is 267 g/mol. The van der Waals surface area contributed by atoms with Gasteiger partial charge in [-0.25, -0.2) is 4.98 Å². The Morgan fingerprint density at radius 2 is 1.63 bits per heavy atom. The lowest BCUT2D eigenvalue weighted by Gasteiger charge is -2.11. The summed E-state index contributed by atoms with van der Waals surface area (Å²) in [5.41, 5.74) is 4.11. The molecule has 3 rings (SSSR count). The number of hydrogen-bond acceptors (Lipinski definition) is 1. The van der Waals surface area contributed by atoms with E-state index in [0.29, 0.717) is 0 Å². The molecule has 2 heteroatoms. The summed E-state index contributed by atoms with van der Waals surface area (Å²) in [5, 5.41) is 1.92.